The molecule has 0 radical (unpaired) electrons. The molecular formula is C14H21NO2S. The lowest BCUT2D eigenvalue weighted by atomic mass is 10.0. The predicted molar refractivity (Wildman–Crippen MR) is 76.6 cm³/mol. The van der Waals surface area contributed by atoms with Crippen LogP contribution in [0.2, 0.25) is 0 Å². The molecule has 0 bridgehead atoms. The molecule has 0 spiro atoms. The average Bonchev–Trinajstić information content (AvgIpc) is 2.40. The first-order valence-electron chi connectivity index (χ1n) is 6.41. The molecule has 0 aliphatic carbocycles. The topological polar surface area (TPSA) is 41.5 Å². The monoisotopic (exact) mass is 267 g/mol. The van der Waals surface area contributed by atoms with Crippen LogP contribution in [0, 0.1) is 0 Å². The number of ether oxygens (including phenoxy) is 1. The standard InChI is InChI=1S/C14H21NO2S/c1-10(15-12-5-7-18-8-6-12)11-3-4-13(16)14(9-11)17-2/h3-4,9-10,12,15-16H,5-8H2,1-2H3. The lowest BCUT2D eigenvalue weighted by Gasteiger charge is -2.26. The quantitative estimate of drug-likeness (QED) is 0.880. The first kappa shape index (κ1) is 13.6. The Morgan fingerprint density at radius 2 is 2.11 bits per heavy atom. The molecule has 0 aromatic heterocycles. The van der Waals surface area contributed by atoms with Crippen molar-refractivity contribution < 1.29 is 9.84 Å². The van der Waals surface area contributed by atoms with Gasteiger partial charge >= 0.3 is 0 Å². The second-order valence-corrected chi connectivity index (χ2v) is 5.93. The van der Waals surface area contributed by atoms with Crippen molar-refractivity contribution in [2.45, 2.75) is 31.8 Å². The van der Waals surface area contributed by atoms with Crippen LogP contribution in [-0.4, -0.2) is 29.8 Å². The maximum atomic E-state index is 9.59. The highest BCUT2D eigenvalue weighted by Gasteiger charge is 2.17. The molecule has 1 aliphatic rings. The van der Waals surface area contributed by atoms with Crippen molar-refractivity contribution in [2.24, 2.45) is 0 Å². The molecule has 18 heavy (non-hydrogen) atoms. The minimum absolute atomic E-state index is 0.197. The van der Waals surface area contributed by atoms with Gasteiger partial charge in [-0.3, -0.25) is 0 Å². The molecule has 0 saturated carbocycles. The summed E-state index contributed by atoms with van der Waals surface area (Å²) in [5.41, 5.74) is 1.16. The molecule has 2 rings (SSSR count). The highest BCUT2D eigenvalue weighted by Crippen LogP contribution is 2.29. The van der Waals surface area contributed by atoms with Gasteiger partial charge in [0, 0.05) is 12.1 Å². The fourth-order valence-electron chi connectivity index (χ4n) is 2.28. The van der Waals surface area contributed by atoms with Gasteiger partial charge in [-0.1, -0.05) is 6.07 Å². The molecule has 1 atom stereocenters. The van der Waals surface area contributed by atoms with Crippen molar-refractivity contribution >= 4 is 11.8 Å². The summed E-state index contributed by atoms with van der Waals surface area (Å²) in [6.07, 6.45) is 2.48. The van der Waals surface area contributed by atoms with Crippen LogP contribution in [0.3, 0.4) is 0 Å². The minimum atomic E-state index is 0.197. The fourth-order valence-corrected chi connectivity index (χ4v) is 3.38. The second kappa shape index (κ2) is 6.34. The summed E-state index contributed by atoms with van der Waals surface area (Å²) in [6.45, 7) is 2.16. The van der Waals surface area contributed by atoms with Crippen molar-refractivity contribution in [3.05, 3.63) is 23.8 Å². The number of aromatic hydroxyl groups is 1. The van der Waals surface area contributed by atoms with Gasteiger partial charge in [0.25, 0.3) is 0 Å². The molecular weight excluding hydrogens is 246 g/mol. The Morgan fingerprint density at radius 1 is 1.39 bits per heavy atom. The summed E-state index contributed by atoms with van der Waals surface area (Å²) in [7, 11) is 1.58. The average molecular weight is 267 g/mol. The molecule has 1 aliphatic heterocycles. The zero-order valence-corrected chi connectivity index (χ0v) is 11.8. The number of benzene rings is 1. The summed E-state index contributed by atoms with van der Waals surface area (Å²) >= 11 is 2.04. The van der Waals surface area contributed by atoms with E-state index in [2.05, 4.69) is 12.2 Å². The van der Waals surface area contributed by atoms with Crippen LogP contribution in [0.4, 0.5) is 0 Å². The zero-order chi connectivity index (χ0) is 13.0. The van der Waals surface area contributed by atoms with Crippen LogP contribution in [-0.2, 0) is 0 Å². The Balaban J connectivity index is 2.01. The molecule has 2 N–H and O–H groups in total. The molecule has 1 saturated heterocycles. The molecule has 4 heteroatoms. The fraction of sp³-hybridized carbons (Fsp3) is 0.571. The lowest BCUT2D eigenvalue weighted by molar-refractivity contribution is 0.371. The van der Waals surface area contributed by atoms with E-state index < -0.39 is 0 Å². The van der Waals surface area contributed by atoms with E-state index in [4.69, 9.17) is 4.74 Å². The van der Waals surface area contributed by atoms with Gasteiger partial charge in [0.1, 0.15) is 0 Å². The highest BCUT2D eigenvalue weighted by atomic mass is 32.2. The number of hydrogen-bond acceptors (Lipinski definition) is 4. The first-order chi connectivity index (χ1) is 8.70. The molecule has 0 amide bonds. The number of phenolic OH excluding ortho intramolecular Hbond substituents is 1. The van der Waals surface area contributed by atoms with E-state index in [1.807, 2.05) is 23.9 Å². The second-order valence-electron chi connectivity index (χ2n) is 4.71. The molecule has 3 nitrogen and oxygen atoms in total. The van der Waals surface area contributed by atoms with Crippen molar-refractivity contribution in [2.75, 3.05) is 18.6 Å². The van der Waals surface area contributed by atoms with Crippen molar-refractivity contribution in [3.63, 3.8) is 0 Å². The number of thioether (sulfide) groups is 1. The maximum absolute atomic E-state index is 9.59. The van der Waals surface area contributed by atoms with Crippen LogP contribution < -0.4 is 10.1 Å². The summed E-state index contributed by atoms with van der Waals surface area (Å²) in [5, 5.41) is 13.2. The van der Waals surface area contributed by atoms with Crippen molar-refractivity contribution in [3.8, 4) is 11.5 Å². The third-order valence-electron chi connectivity index (χ3n) is 3.41. The normalized spacial score (nSPS) is 18.6. The summed E-state index contributed by atoms with van der Waals surface area (Å²) in [4.78, 5) is 0. The van der Waals surface area contributed by atoms with Crippen LogP contribution in [0.25, 0.3) is 0 Å². The molecule has 1 fully saturated rings. The van der Waals surface area contributed by atoms with E-state index in [9.17, 15) is 5.11 Å². The Morgan fingerprint density at radius 3 is 2.78 bits per heavy atom. The number of hydrogen-bond donors (Lipinski definition) is 2. The van der Waals surface area contributed by atoms with E-state index in [-0.39, 0.29) is 11.8 Å². The molecule has 1 aromatic rings. The Labute approximate surface area is 113 Å². The van der Waals surface area contributed by atoms with E-state index >= 15 is 0 Å². The van der Waals surface area contributed by atoms with Crippen LogP contribution in [0.1, 0.15) is 31.4 Å². The summed E-state index contributed by atoms with van der Waals surface area (Å²) in [6, 6.07) is 6.45. The van der Waals surface area contributed by atoms with Gasteiger partial charge in [-0.15, -0.1) is 0 Å². The smallest absolute Gasteiger partial charge is 0.160 e. The van der Waals surface area contributed by atoms with E-state index in [1.54, 1.807) is 13.2 Å². The highest BCUT2D eigenvalue weighted by molar-refractivity contribution is 7.99. The molecule has 1 heterocycles. The van der Waals surface area contributed by atoms with Crippen LogP contribution >= 0.6 is 11.8 Å². The minimum Gasteiger partial charge on any atom is -0.504 e. The van der Waals surface area contributed by atoms with Crippen molar-refractivity contribution in [1.82, 2.24) is 5.32 Å². The SMILES string of the molecule is COc1cc(C(C)NC2CCSCC2)ccc1O. The summed E-state index contributed by atoms with van der Waals surface area (Å²) in [5.74, 6) is 3.25. The van der Waals surface area contributed by atoms with E-state index in [0.717, 1.165) is 5.56 Å². The van der Waals surface area contributed by atoms with Crippen LogP contribution in [0.5, 0.6) is 11.5 Å². The Hall–Kier alpha value is -0.870. The first-order valence-corrected chi connectivity index (χ1v) is 7.57. The lowest BCUT2D eigenvalue weighted by Crippen LogP contribution is -2.34. The van der Waals surface area contributed by atoms with Gasteiger partial charge in [-0.25, -0.2) is 0 Å². The largest absolute Gasteiger partial charge is 0.504 e. The molecule has 1 unspecified atom stereocenters. The third-order valence-corrected chi connectivity index (χ3v) is 4.46. The van der Waals surface area contributed by atoms with Crippen molar-refractivity contribution in [1.29, 1.82) is 0 Å². The van der Waals surface area contributed by atoms with Gasteiger partial charge in [0.2, 0.25) is 0 Å². The van der Waals surface area contributed by atoms with Gasteiger partial charge in [-0.05, 0) is 49.0 Å². The number of methoxy groups -OCH3 is 1. The Bertz CT molecular complexity index is 391. The van der Waals surface area contributed by atoms with Gasteiger partial charge in [0.15, 0.2) is 11.5 Å². The maximum Gasteiger partial charge on any atom is 0.160 e. The van der Waals surface area contributed by atoms with E-state index in [0.29, 0.717) is 11.8 Å². The van der Waals surface area contributed by atoms with Gasteiger partial charge < -0.3 is 15.2 Å². The Kier molecular flexibility index (Phi) is 4.78. The number of nitrogens with one attached hydrogen (secondary N) is 1. The van der Waals surface area contributed by atoms with Crippen LogP contribution in [0.15, 0.2) is 18.2 Å². The molecule has 100 valence electrons. The number of rotatable bonds is 4. The number of phenols is 1. The third kappa shape index (κ3) is 3.33. The summed E-state index contributed by atoms with van der Waals surface area (Å²) < 4.78 is 5.14. The van der Waals surface area contributed by atoms with Gasteiger partial charge in [-0.2, -0.15) is 11.8 Å². The molecule has 1 aromatic carbocycles. The van der Waals surface area contributed by atoms with E-state index in [1.165, 1.54) is 24.3 Å². The van der Waals surface area contributed by atoms with Gasteiger partial charge in [0.05, 0.1) is 7.11 Å². The predicted octanol–water partition coefficient (Wildman–Crippen LogP) is 2.95. The zero-order valence-electron chi connectivity index (χ0n) is 11.0.